The summed E-state index contributed by atoms with van der Waals surface area (Å²) in [5.74, 6) is 3.55. The monoisotopic (exact) mass is 274 g/mol. The van der Waals surface area contributed by atoms with Crippen LogP contribution in [0, 0.1) is 13.8 Å². The molecule has 1 atom stereocenters. The summed E-state index contributed by atoms with van der Waals surface area (Å²) in [6.07, 6.45) is 3.62. The maximum atomic E-state index is 5.35. The number of furan rings is 1. The Morgan fingerprint density at radius 1 is 1.25 bits per heavy atom. The molecule has 0 spiro atoms. The third-order valence-electron chi connectivity index (χ3n) is 3.28. The Bertz CT molecular complexity index is 551. The summed E-state index contributed by atoms with van der Waals surface area (Å²) in [6, 6.07) is 4.24. The van der Waals surface area contributed by atoms with E-state index in [1.807, 2.05) is 33.0 Å². The number of aryl methyl sites for hydroxylation is 2. The molecule has 2 N–H and O–H groups in total. The number of hydrogen-bond acceptors (Lipinski definition) is 5. The topological polar surface area (TPSA) is 63.0 Å². The predicted octanol–water partition coefficient (Wildman–Crippen LogP) is 3.16. The van der Waals surface area contributed by atoms with Gasteiger partial charge in [0.15, 0.2) is 0 Å². The summed E-state index contributed by atoms with van der Waals surface area (Å²) >= 11 is 0. The molecule has 1 unspecified atom stereocenters. The van der Waals surface area contributed by atoms with E-state index in [0.717, 1.165) is 41.6 Å². The molecular formula is C15H22N4O. The van der Waals surface area contributed by atoms with Crippen LogP contribution in [0.5, 0.6) is 0 Å². The molecule has 5 nitrogen and oxygen atoms in total. The number of anilines is 2. The van der Waals surface area contributed by atoms with Crippen molar-refractivity contribution in [1.82, 2.24) is 9.97 Å². The van der Waals surface area contributed by atoms with E-state index in [4.69, 9.17) is 4.42 Å². The van der Waals surface area contributed by atoms with Gasteiger partial charge in [-0.1, -0.05) is 0 Å². The lowest BCUT2D eigenvalue weighted by Gasteiger charge is -2.17. The van der Waals surface area contributed by atoms with Gasteiger partial charge in [0.25, 0.3) is 0 Å². The van der Waals surface area contributed by atoms with Crippen molar-refractivity contribution in [2.24, 2.45) is 0 Å². The van der Waals surface area contributed by atoms with Gasteiger partial charge >= 0.3 is 0 Å². The van der Waals surface area contributed by atoms with Gasteiger partial charge in [0.2, 0.25) is 0 Å². The minimum atomic E-state index is 0.317. The van der Waals surface area contributed by atoms with Gasteiger partial charge in [-0.05, 0) is 39.3 Å². The van der Waals surface area contributed by atoms with Crippen LogP contribution >= 0.6 is 0 Å². The number of aromatic nitrogens is 2. The summed E-state index contributed by atoms with van der Waals surface area (Å²) in [5.41, 5.74) is 1.04. The lowest BCUT2D eigenvalue weighted by atomic mass is 10.1. The normalized spacial score (nSPS) is 12.2. The van der Waals surface area contributed by atoms with Gasteiger partial charge in [-0.2, -0.15) is 0 Å². The van der Waals surface area contributed by atoms with Crippen molar-refractivity contribution in [3.8, 4) is 0 Å². The van der Waals surface area contributed by atoms with Gasteiger partial charge in [0.1, 0.15) is 23.2 Å². The Morgan fingerprint density at radius 2 is 2.00 bits per heavy atom. The third kappa shape index (κ3) is 3.50. The second kappa shape index (κ2) is 6.41. The highest BCUT2D eigenvalue weighted by Crippen LogP contribution is 2.20. The van der Waals surface area contributed by atoms with Gasteiger partial charge in [-0.3, -0.25) is 0 Å². The van der Waals surface area contributed by atoms with Crippen molar-refractivity contribution >= 4 is 11.6 Å². The van der Waals surface area contributed by atoms with Gasteiger partial charge < -0.3 is 15.1 Å². The number of rotatable bonds is 6. The lowest BCUT2D eigenvalue weighted by Crippen LogP contribution is -2.19. The maximum absolute atomic E-state index is 5.35. The molecule has 0 amide bonds. The summed E-state index contributed by atoms with van der Waals surface area (Å²) in [4.78, 5) is 8.85. The minimum absolute atomic E-state index is 0.317. The molecule has 0 aliphatic rings. The van der Waals surface area contributed by atoms with Gasteiger partial charge in [0, 0.05) is 25.1 Å². The average molecular weight is 274 g/mol. The molecule has 0 bridgehead atoms. The van der Waals surface area contributed by atoms with Crippen LogP contribution in [-0.2, 0) is 6.42 Å². The van der Waals surface area contributed by atoms with Crippen molar-refractivity contribution in [3.63, 3.8) is 0 Å². The van der Waals surface area contributed by atoms with Crippen LogP contribution in [-0.4, -0.2) is 23.1 Å². The van der Waals surface area contributed by atoms with Crippen LogP contribution in [0.3, 0.4) is 0 Å². The molecule has 0 aliphatic heterocycles. The molecule has 2 rings (SSSR count). The molecular weight excluding hydrogens is 252 g/mol. The first-order valence-electron chi connectivity index (χ1n) is 6.92. The van der Waals surface area contributed by atoms with E-state index < -0.39 is 0 Å². The maximum Gasteiger partial charge on any atom is 0.134 e. The van der Waals surface area contributed by atoms with Crippen LogP contribution in [0.2, 0.25) is 0 Å². The van der Waals surface area contributed by atoms with E-state index in [1.54, 1.807) is 6.26 Å². The molecule has 108 valence electrons. The molecule has 2 aromatic rings. The zero-order valence-electron chi connectivity index (χ0n) is 12.5. The molecule has 2 heterocycles. The number of nitrogens with zero attached hydrogens (tertiary/aromatic N) is 2. The zero-order chi connectivity index (χ0) is 14.5. The molecule has 0 aromatic carbocycles. The smallest absolute Gasteiger partial charge is 0.134 e. The SMILES string of the molecule is CNc1nc(C)nc(NC(C)CCc2ccco2)c1C. The third-order valence-corrected chi connectivity index (χ3v) is 3.28. The zero-order valence-corrected chi connectivity index (χ0v) is 12.5. The highest BCUT2D eigenvalue weighted by molar-refractivity contribution is 5.57. The molecule has 0 fully saturated rings. The predicted molar refractivity (Wildman–Crippen MR) is 81.2 cm³/mol. The van der Waals surface area contributed by atoms with Gasteiger partial charge in [-0.15, -0.1) is 0 Å². The van der Waals surface area contributed by atoms with Crippen molar-refractivity contribution < 1.29 is 4.42 Å². The van der Waals surface area contributed by atoms with Crippen LogP contribution in [0.4, 0.5) is 11.6 Å². The van der Waals surface area contributed by atoms with Crippen molar-refractivity contribution in [2.45, 2.75) is 39.7 Å². The Balaban J connectivity index is 2.00. The molecule has 0 saturated carbocycles. The Kier molecular flexibility index (Phi) is 4.61. The highest BCUT2D eigenvalue weighted by atomic mass is 16.3. The second-order valence-electron chi connectivity index (χ2n) is 5.01. The average Bonchev–Trinajstić information content (AvgIpc) is 2.93. The largest absolute Gasteiger partial charge is 0.469 e. The van der Waals surface area contributed by atoms with E-state index >= 15 is 0 Å². The second-order valence-corrected chi connectivity index (χ2v) is 5.01. The van der Waals surface area contributed by atoms with Crippen LogP contribution in [0.25, 0.3) is 0 Å². The molecule has 20 heavy (non-hydrogen) atoms. The molecule has 2 aromatic heterocycles. The fourth-order valence-electron chi connectivity index (χ4n) is 2.13. The summed E-state index contributed by atoms with van der Waals surface area (Å²) in [7, 11) is 1.87. The molecule has 0 aliphatic carbocycles. The van der Waals surface area contributed by atoms with Crippen molar-refractivity contribution in [1.29, 1.82) is 0 Å². The lowest BCUT2D eigenvalue weighted by molar-refractivity contribution is 0.494. The van der Waals surface area contributed by atoms with Crippen LogP contribution < -0.4 is 10.6 Å². The van der Waals surface area contributed by atoms with E-state index in [-0.39, 0.29) is 0 Å². The minimum Gasteiger partial charge on any atom is -0.469 e. The van der Waals surface area contributed by atoms with Gasteiger partial charge in [-0.25, -0.2) is 9.97 Å². The Labute approximate surface area is 119 Å². The summed E-state index contributed by atoms with van der Waals surface area (Å²) < 4.78 is 5.35. The van der Waals surface area contributed by atoms with Crippen molar-refractivity contribution in [3.05, 3.63) is 35.5 Å². The number of hydrogen-bond donors (Lipinski definition) is 2. The van der Waals surface area contributed by atoms with Gasteiger partial charge in [0.05, 0.1) is 6.26 Å². The Morgan fingerprint density at radius 3 is 2.65 bits per heavy atom. The number of nitrogens with one attached hydrogen (secondary N) is 2. The highest BCUT2D eigenvalue weighted by Gasteiger charge is 2.11. The molecule has 0 saturated heterocycles. The first kappa shape index (κ1) is 14.4. The first-order chi connectivity index (χ1) is 9.60. The van der Waals surface area contributed by atoms with E-state index in [1.165, 1.54) is 0 Å². The van der Waals surface area contributed by atoms with Crippen molar-refractivity contribution in [2.75, 3.05) is 17.7 Å². The van der Waals surface area contributed by atoms with E-state index in [2.05, 4.69) is 27.5 Å². The quantitative estimate of drug-likeness (QED) is 0.847. The fraction of sp³-hybridized carbons (Fsp3) is 0.467. The van der Waals surface area contributed by atoms with Crippen LogP contribution in [0.15, 0.2) is 22.8 Å². The molecule has 0 radical (unpaired) electrons. The first-order valence-corrected chi connectivity index (χ1v) is 6.92. The van der Waals surface area contributed by atoms with E-state index in [0.29, 0.717) is 6.04 Å². The standard InChI is InChI=1S/C15H22N4O/c1-10(7-8-13-6-5-9-20-13)17-15-11(2)14(16-4)18-12(3)19-15/h5-6,9-10H,7-8H2,1-4H3,(H2,16,17,18,19). The fourth-order valence-corrected chi connectivity index (χ4v) is 2.13. The van der Waals surface area contributed by atoms with E-state index in [9.17, 15) is 0 Å². The Hall–Kier alpha value is -2.04. The molecule has 5 heteroatoms. The summed E-state index contributed by atoms with van der Waals surface area (Å²) in [6.45, 7) is 6.07. The van der Waals surface area contributed by atoms with Crippen LogP contribution in [0.1, 0.15) is 30.5 Å². The summed E-state index contributed by atoms with van der Waals surface area (Å²) in [5, 5.41) is 6.55.